The summed E-state index contributed by atoms with van der Waals surface area (Å²) < 4.78 is 5.00. The van der Waals surface area contributed by atoms with E-state index in [0.717, 1.165) is 0 Å². The standard InChI is InChI=1S/C13H17N3O5/c1-9(17)14-5-6-15-13(20)16-10-3-2-4-11(7-10)21-8-12(18)19/h2-4,7H,5-6,8H2,1H3,(H,14,17)(H,18,19)(H2,15,16,20). The van der Waals surface area contributed by atoms with Crippen LogP contribution in [0.2, 0.25) is 0 Å². The molecule has 0 aliphatic rings. The second-order valence-corrected chi connectivity index (χ2v) is 4.07. The number of carbonyl (C=O) groups excluding carboxylic acids is 2. The second kappa shape index (κ2) is 8.41. The highest BCUT2D eigenvalue weighted by Gasteiger charge is 2.04. The molecule has 0 aliphatic heterocycles. The van der Waals surface area contributed by atoms with Gasteiger partial charge in [0.15, 0.2) is 6.61 Å². The van der Waals surface area contributed by atoms with Gasteiger partial charge in [-0.2, -0.15) is 0 Å². The lowest BCUT2D eigenvalue weighted by Crippen LogP contribution is -2.36. The van der Waals surface area contributed by atoms with Crippen molar-refractivity contribution >= 4 is 23.6 Å². The summed E-state index contributed by atoms with van der Waals surface area (Å²) in [6.45, 7) is 1.57. The van der Waals surface area contributed by atoms with Gasteiger partial charge >= 0.3 is 12.0 Å². The average Bonchev–Trinajstić information content (AvgIpc) is 2.41. The first-order valence-electron chi connectivity index (χ1n) is 6.21. The van der Waals surface area contributed by atoms with Crippen LogP contribution in [0.1, 0.15) is 6.92 Å². The third-order valence-electron chi connectivity index (χ3n) is 2.24. The maximum atomic E-state index is 11.6. The van der Waals surface area contributed by atoms with E-state index in [4.69, 9.17) is 9.84 Å². The Morgan fingerprint density at radius 3 is 2.57 bits per heavy atom. The number of ether oxygens (including phenoxy) is 1. The minimum atomic E-state index is -1.08. The van der Waals surface area contributed by atoms with Gasteiger partial charge in [-0.25, -0.2) is 9.59 Å². The third-order valence-corrected chi connectivity index (χ3v) is 2.24. The predicted molar refractivity (Wildman–Crippen MR) is 75.3 cm³/mol. The Kier molecular flexibility index (Phi) is 6.52. The van der Waals surface area contributed by atoms with Gasteiger partial charge in [-0.05, 0) is 12.1 Å². The Balaban J connectivity index is 2.39. The van der Waals surface area contributed by atoms with Crippen LogP contribution in [0.15, 0.2) is 24.3 Å². The molecule has 0 aromatic heterocycles. The lowest BCUT2D eigenvalue weighted by molar-refractivity contribution is -0.139. The molecule has 0 saturated heterocycles. The number of amides is 3. The number of carboxylic acids is 1. The molecular formula is C13H17N3O5. The van der Waals surface area contributed by atoms with E-state index in [2.05, 4.69) is 16.0 Å². The summed E-state index contributed by atoms with van der Waals surface area (Å²) in [5, 5.41) is 16.2. The summed E-state index contributed by atoms with van der Waals surface area (Å²) in [7, 11) is 0. The fraction of sp³-hybridized carbons (Fsp3) is 0.308. The highest BCUT2D eigenvalue weighted by molar-refractivity contribution is 5.89. The van der Waals surface area contributed by atoms with Crippen molar-refractivity contribution in [1.29, 1.82) is 0 Å². The molecule has 0 bridgehead atoms. The van der Waals surface area contributed by atoms with Crippen molar-refractivity contribution in [2.75, 3.05) is 25.0 Å². The summed E-state index contributed by atoms with van der Waals surface area (Å²) >= 11 is 0. The monoisotopic (exact) mass is 295 g/mol. The summed E-state index contributed by atoms with van der Waals surface area (Å²) in [6, 6.07) is 5.93. The van der Waals surface area contributed by atoms with Crippen LogP contribution in [0.5, 0.6) is 5.75 Å². The van der Waals surface area contributed by atoms with Crippen LogP contribution in [0.3, 0.4) is 0 Å². The quantitative estimate of drug-likeness (QED) is 0.543. The molecule has 0 unspecified atom stereocenters. The Labute approximate surface area is 121 Å². The zero-order chi connectivity index (χ0) is 15.7. The predicted octanol–water partition coefficient (Wildman–Crippen LogP) is 0.408. The van der Waals surface area contributed by atoms with Crippen LogP contribution in [-0.2, 0) is 9.59 Å². The van der Waals surface area contributed by atoms with Gasteiger partial charge in [0.2, 0.25) is 5.91 Å². The topological polar surface area (TPSA) is 117 Å². The molecule has 1 aromatic carbocycles. The van der Waals surface area contributed by atoms with Crippen LogP contribution in [0.4, 0.5) is 10.5 Å². The fourth-order valence-corrected chi connectivity index (χ4v) is 1.40. The zero-order valence-corrected chi connectivity index (χ0v) is 11.5. The highest BCUT2D eigenvalue weighted by atomic mass is 16.5. The fourth-order valence-electron chi connectivity index (χ4n) is 1.40. The van der Waals surface area contributed by atoms with Gasteiger partial charge in [-0.1, -0.05) is 6.07 Å². The van der Waals surface area contributed by atoms with Crippen LogP contribution in [-0.4, -0.2) is 42.7 Å². The van der Waals surface area contributed by atoms with E-state index in [0.29, 0.717) is 24.5 Å². The number of nitrogens with one attached hydrogen (secondary N) is 3. The Hall–Kier alpha value is -2.77. The smallest absolute Gasteiger partial charge is 0.341 e. The summed E-state index contributed by atoms with van der Waals surface area (Å²) in [4.78, 5) is 32.6. The van der Waals surface area contributed by atoms with E-state index in [1.807, 2.05) is 0 Å². The normalized spacial score (nSPS) is 9.57. The van der Waals surface area contributed by atoms with Crippen LogP contribution < -0.4 is 20.7 Å². The average molecular weight is 295 g/mol. The van der Waals surface area contributed by atoms with Crippen molar-refractivity contribution in [2.45, 2.75) is 6.92 Å². The lowest BCUT2D eigenvalue weighted by Gasteiger charge is -2.09. The molecule has 0 aliphatic carbocycles. The Morgan fingerprint density at radius 1 is 1.19 bits per heavy atom. The van der Waals surface area contributed by atoms with Gasteiger partial charge in [-0.15, -0.1) is 0 Å². The molecule has 8 nitrogen and oxygen atoms in total. The van der Waals surface area contributed by atoms with E-state index >= 15 is 0 Å². The summed E-state index contributed by atoms with van der Waals surface area (Å²) in [5.74, 6) is -0.905. The molecule has 1 rings (SSSR count). The lowest BCUT2D eigenvalue weighted by atomic mass is 10.3. The molecule has 114 valence electrons. The third kappa shape index (κ3) is 7.41. The first-order chi connectivity index (χ1) is 9.97. The highest BCUT2D eigenvalue weighted by Crippen LogP contribution is 2.17. The SMILES string of the molecule is CC(=O)NCCNC(=O)Nc1cccc(OCC(=O)O)c1. The van der Waals surface area contributed by atoms with E-state index < -0.39 is 18.6 Å². The number of hydrogen-bond acceptors (Lipinski definition) is 4. The van der Waals surface area contributed by atoms with Crippen LogP contribution >= 0.6 is 0 Å². The molecule has 0 atom stereocenters. The van der Waals surface area contributed by atoms with Gasteiger partial charge in [0.1, 0.15) is 5.75 Å². The van der Waals surface area contributed by atoms with Crippen molar-refractivity contribution < 1.29 is 24.2 Å². The van der Waals surface area contributed by atoms with Gasteiger partial charge in [0, 0.05) is 31.8 Å². The Morgan fingerprint density at radius 2 is 1.90 bits per heavy atom. The number of benzene rings is 1. The van der Waals surface area contributed by atoms with Gasteiger partial charge in [0.05, 0.1) is 0 Å². The van der Waals surface area contributed by atoms with Crippen molar-refractivity contribution in [1.82, 2.24) is 10.6 Å². The molecule has 1 aromatic rings. The Bertz CT molecular complexity index is 518. The molecule has 3 amide bonds. The van der Waals surface area contributed by atoms with Crippen LogP contribution in [0, 0.1) is 0 Å². The number of carbonyl (C=O) groups is 3. The number of aliphatic carboxylic acids is 1. The number of hydrogen-bond donors (Lipinski definition) is 4. The van der Waals surface area contributed by atoms with E-state index in [9.17, 15) is 14.4 Å². The largest absolute Gasteiger partial charge is 0.482 e. The van der Waals surface area contributed by atoms with Crippen molar-refractivity contribution in [3.8, 4) is 5.75 Å². The van der Waals surface area contributed by atoms with Crippen molar-refractivity contribution in [2.24, 2.45) is 0 Å². The number of carboxylic acid groups (broad SMARTS) is 1. The first kappa shape index (κ1) is 16.3. The number of rotatable bonds is 7. The number of anilines is 1. The maximum Gasteiger partial charge on any atom is 0.341 e. The zero-order valence-electron chi connectivity index (χ0n) is 11.5. The van der Waals surface area contributed by atoms with E-state index in [-0.39, 0.29) is 5.91 Å². The van der Waals surface area contributed by atoms with Crippen molar-refractivity contribution in [3.05, 3.63) is 24.3 Å². The van der Waals surface area contributed by atoms with Gasteiger partial charge < -0.3 is 25.8 Å². The van der Waals surface area contributed by atoms with Crippen LogP contribution in [0.25, 0.3) is 0 Å². The first-order valence-corrected chi connectivity index (χ1v) is 6.21. The van der Waals surface area contributed by atoms with E-state index in [1.165, 1.54) is 13.0 Å². The second-order valence-electron chi connectivity index (χ2n) is 4.07. The van der Waals surface area contributed by atoms with Gasteiger partial charge in [-0.3, -0.25) is 4.79 Å². The maximum absolute atomic E-state index is 11.6. The van der Waals surface area contributed by atoms with Crippen molar-refractivity contribution in [3.63, 3.8) is 0 Å². The minimum Gasteiger partial charge on any atom is -0.482 e. The minimum absolute atomic E-state index is 0.166. The summed E-state index contributed by atoms with van der Waals surface area (Å²) in [6.07, 6.45) is 0. The number of urea groups is 1. The molecule has 0 saturated carbocycles. The molecule has 0 spiro atoms. The van der Waals surface area contributed by atoms with E-state index in [1.54, 1.807) is 18.2 Å². The molecule has 8 heteroatoms. The van der Waals surface area contributed by atoms with Gasteiger partial charge in [0.25, 0.3) is 0 Å². The molecule has 0 radical (unpaired) electrons. The molecular weight excluding hydrogens is 278 g/mol. The molecule has 4 N–H and O–H groups in total. The molecule has 0 fully saturated rings. The molecule has 21 heavy (non-hydrogen) atoms. The summed E-state index contributed by atoms with van der Waals surface area (Å²) in [5.41, 5.74) is 0.468. The molecule has 0 heterocycles.